The van der Waals surface area contributed by atoms with E-state index < -0.39 is 10.0 Å². The Morgan fingerprint density at radius 1 is 1.14 bits per heavy atom. The number of aromatic nitrogens is 3. The molecule has 4 heterocycles. The Kier molecular flexibility index (Phi) is 4.25. The lowest BCUT2D eigenvalue weighted by Crippen LogP contribution is -2.52. The van der Waals surface area contributed by atoms with Crippen LogP contribution in [-0.2, 0) is 10.0 Å². The summed E-state index contributed by atoms with van der Waals surface area (Å²) in [4.78, 5) is 19.2. The number of sulfonamides is 1. The van der Waals surface area contributed by atoms with E-state index in [1.807, 2.05) is 6.07 Å². The van der Waals surface area contributed by atoms with Gasteiger partial charge in [0.05, 0.1) is 18.1 Å². The first kappa shape index (κ1) is 18.1. The highest BCUT2D eigenvalue weighted by molar-refractivity contribution is 7.89. The summed E-state index contributed by atoms with van der Waals surface area (Å²) in [6, 6.07) is 8.65. The van der Waals surface area contributed by atoms with Gasteiger partial charge < -0.3 is 10.2 Å². The van der Waals surface area contributed by atoms with Crippen LogP contribution in [0, 0.1) is 5.92 Å². The molecule has 9 nitrogen and oxygen atoms in total. The SMILES string of the molecule is O=C(c1cnn2cccnc12)N1CCC(C2Nc3ccccc3S(=O)(=O)N2)CC1. The first-order valence-corrected chi connectivity index (χ1v) is 11.0. The maximum Gasteiger partial charge on any atom is 0.259 e. The van der Waals surface area contributed by atoms with Crippen LogP contribution < -0.4 is 10.0 Å². The third-order valence-corrected chi connectivity index (χ3v) is 7.08. The summed E-state index contributed by atoms with van der Waals surface area (Å²) in [7, 11) is -3.54. The topological polar surface area (TPSA) is 109 Å². The molecule has 1 saturated heterocycles. The van der Waals surface area contributed by atoms with Crippen molar-refractivity contribution in [2.45, 2.75) is 23.9 Å². The zero-order valence-electron chi connectivity index (χ0n) is 15.5. The minimum Gasteiger partial charge on any atom is -0.368 e. The molecule has 1 aromatic carbocycles. The Balaban J connectivity index is 1.29. The third kappa shape index (κ3) is 3.14. The van der Waals surface area contributed by atoms with Gasteiger partial charge >= 0.3 is 0 Å². The first-order chi connectivity index (χ1) is 14.0. The highest BCUT2D eigenvalue weighted by atomic mass is 32.2. The van der Waals surface area contributed by atoms with Crippen molar-refractivity contribution in [3.05, 3.63) is 54.5 Å². The average molecular weight is 412 g/mol. The van der Waals surface area contributed by atoms with Crippen LogP contribution in [0.1, 0.15) is 23.2 Å². The molecule has 3 aromatic rings. The number of hydrogen-bond acceptors (Lipinski definition) is 6. The molecule has 2 N–H and O–H groups in total. The number of piperidine rings is 1. The van der Waals surface area contributed by atoms with Gasteiger partial charge in [-0.25, -0.2) is 17.9 Å². The molecule has 0 radical (unpaired) electrons. The Morgan fingerprint density at radius 3 is 2.76 bits per heavy atom. The molecule has 0 spiro atoms. The lowest BCUT2D eigenvalue weighted by atomic mass is 9.93. The van der Waals surface area contributed by atoms with E-state index in [1.165, 1.54) is 0 Å². The predicted octanol–water partition coefficient (Wildman–Crippen LogP) is 1.31. The van der Waals surface area contributed by atoms with Crippen molar-refractivity contribution < 1.29 is 13.2 Å². The van der Waals surface area contributed by atoms with Gasteiger partial charge in [0, 0.05) is 25.5 Å². The van der Waals surface area contributed by atoms with E-state index in [0.29, 0.717) is 42.8 Å². The van der Waals surface area contributed by atoms with Gasteiger partial charge in [-0.1, -0.05) is 12.1 Å². The number of amides is 1. The van der Waals surface area contributed by atoms with E-state index in [4.69, 9.17) is 0 Å². The number of carbonyl (C=O) groups is 1. The average Bonchev–Trinajstić information content (AvgIpc) is 3.17. The van der Waals surface area contributed by atoms with Crippen LogP contribution in [0.5, 0.6) is 0 Å². The summed E-state index contributed by atoms with van der Waals surface area (Å²) < 4.78 is 29.4. The molecule has 1 amide bonds. The van der Waals surface area contributed by atoms with Gasteiger partial charge in [0.15, 0.2) is 5.65 Å². The normalized spacial score (nSPS) is 21.5. The summed E-state index contributed by atoms with van der Waals surface area (Å²) in [5.41, 5.74) is 1.64. The minimum absolute atomic E-state index is 0.0872. The van der Waals surface area contributed by atoms with Crippen LogP contribution in [0.15, 0.2) is 53.8 Å². The maximum atomic E-state index is 12.9. The van der Waals surface area contributed by atoms with Crippen LogP contribution >= 0.6 is 0 Å². The lowest BCUT2D eigenvalue weighted by Gasteiger charge is -2.38. The summed E-state index contributed by atoms with van der Waals surface area (Å²) in [6.45, 7) is 1.10. The number of anilines is 1. The second-order valence-electron chi connectivity index (χ2n) is 7.32. The fraction of sp³-hybridized carbons (Fsp3) is 0.316. The number of rotatable bonds is 2. The number of fused-ring (bicyclic) bond motifs is 2. The molecule has 29 heavy (non-hydrogen) atoms. The standard InChI is InChI=1S/C19H20N6O3S/c26-19(14-12-21-25-9-3-8-20-18(14)25)24-10-6-13(7-11-24)17-22-15-4-1-2-5-16(15)29(27,28)23-17/h1-5,8-9,12-13,17,22-23H,6-7,10-11H2. The third-order valence-electron chi connectivity index (χ3n) is 5.58. The molecule has 2 aliphatic heterocycles. The maximum absolute atomic E-state index is 12.9. The Bertz CT molecular complexity index is 1180. The van der Waals surface area contributed by atoms with Crippen molar-refractivity contribution in [1.29, 1.82) is 0 Å². The molecule has 2 aliphatic rings. The molecule has 5 rings (SSSR count). The number of likely N-dealkylation sites (tertiary alicyclic amines) is 1. The molecule has 1 fully saturated rings. The van der Waals surface area contributed by atoms with E-state index in [2.05, 4.69) is 20.1 Å². The Labute approximate surface area is 167 Å². The molecule has 0 bridgehead atoms. The molecule has 150 valence electrons. The second-order valence-corrected chi connectivity index (χ2v) is 9.00. The fourth-order valence-corrected chi connectivity index (χ4v) is 5.43. The smallest absolute Gasteiger partial charge is 0.259 e. The monoisotopic (exact) mass is 412 g/mol. The number of benzene rings is 1. The van der Waals surface area contributed by atoms with E-state index >= 15 is 0 Å². The van der Waals surface area contributed by atoms with Crippen molar-refractivity contribution in [1.82, 2.24) is 24.2 Å². The van der Waals surface area contributed by atoms with E-state index in [9.17, 15) is 13.2 Å². The van der Waals surface area contributed by atoms with Gasteiger partial charge in [-0.3, -0.25) is 4.79 Å². The van der Waals surface area contributed by atoms with Gasteiger partial charge in [0.1, 0.15) is 10.5 Å². The van der Waals surface area contributed by atoms with E-state index in [0.717, 1.165) is 0 Å². The molecule has 10 heteroatoms. The van der Waals surface area contributed by atoms with Crippen molar-refractivity contribution >= 4 is 27.3 Å². The number of carbonyl (C=O) groups excluding carboxylic acids is 1. The zero-order valence-corrected chi connectivity index (χ0v) is 16.3. The highest BCUT2D eigenvalue weighted by Crippen LogP contribution is 2.31. The molecule has 1 atom stereocenters. The molecule has 2 aromatic heterocycles. The Hall–Kier alpha value is -2.98. The van der Waals surface area contributed by atoms with Crippen LogP contribution in [0.25, 0.3) is 5.65 Å². The molecule has 0 aliphatic carbocycles. The van der Waals surface area contributed by atoms with Gasteiger partial charge in [-0.15, -0.1) is 0 Å². The predicted molar refractivity (Wildman–Crippen MR) is 106 cm³/mol. The zero-order chi connectivity index (χ0) is 20.0. The first-order valence-electron chi connectivity index (χ1n) is 9.48. The quantitative estimate of drug-likeness (QED) is 0.657. The molecular weight excluding hydrogens is 392 g/mol. The molecule has 1 unspecified atom stereocenters. The fourth-order valence-electron chi connectivity index (χ4n) is 4.05. The summed E-state index contributed by atoms with van der Waals surface area (Å²) in [5.74, 6) is -0.0103. The van der Waals surface area contributed by atoms with Crippen molar-refractivity contribution in [3.8, 4) is 0 Å². The van der Waals surface area contributed by atoms with Crippen molar-refractivity contribution in [3.63, 3.8) is 0 Å². The summed E-state index contributed by atoms with van der Waals surface area (Å²) in [5, 5.41) is 7.48. The number of nitrogens with one attached hydrogen (secondary N) is 2. The largest absolute Gasteiger partial charge is 0.368 e. The van der Waals surface area contributed by atoms with Gasteiger partial charge in [-0.05, 0) is 37.0 Å². The number of hydrogen-bond donors (Lipinski definition) is 2. The Morgan fingerprint density at radius 2 is 1.93 bits per heavy atom. The summed E-state index contributed by atoms with van der Waals surface area (Å²) >= 11 is 0. The highest BCUT2D eigenvalue weighted by Gasteiger charge is 2.36. The molecular formula is C19H20N6O3S. The number of nitrogens with zero attached hydrogens (tertiary/aromatic N) is 4. The summed E-state index contributed by atoms with van der Waals surface area (Å²) in [6.07, 6.45) is 5.94. The van der Waals surface area contributed by atoms with Gasteiger partial charge in [-0.2, -0.15) is 9.82 Å². The minimum atomic E-state index is -3.54. The van der Waals surface area contributed by atoms with E-state index in [-0.39, 0.29) is 22.9 Å². The number of para-hydroxylation sites is 1. The second kappa shape index (κ2) is 6.82. The van der Waals surface area contributed by atoms with Crippen molar-refractivity contribution in [2.24, 2.45) is 5.92 Å². The van der Waals surface area contributed by atoms with Crippen LogP contribution in [-0.4, -0.2) is 53.1 Å². The van der Waals surface area contributed by atoms with Gasteiger partial charge in [0.25, 0.3) is 5.91 Å². The van der Waals surface area contributed by atoms with Crippen LogP contribution in [0.3, 0.4) is 0 Å². The molecule has 0 saturated carbocycles. The van der Waals surface area contributed by atoms with Gasteiger partial charge in [0.2, 0.25) is 10.0 Å². The van der Waals surface area contributed by atoms with E-state index in [1.54, 1.807) is 52.3 Å². The van der Waals surface area contributed by atoms with Crippen molar-refractivity contribution in [2.75, 3.05) is 18.4 Å². The van der Waals surface area contributed by atoms with Crippen LogP contribution in [0.2, 0.25) is 0 Å². The van der Waals surface area contributed by atoms with Crippen LogP contribution in [0.4, 0.5) is 5.69 Å². The lowest BCUT2D eigenvalue weighted by molar-refractivity contribution is 0.0681.